The number of aliphatic imine (C=N–C) groups is 2. The van der Waals surface area contributed by atoms with Crippen LogP contribution in [0, 0.1) is 0 Å². The fraction of sp³-hybridized carbons (Fsp3) is 0.231. The van der Waals surface area contributed by atoms with Gasteiger partial charge in [0, 0.05) is 37.4 Å². The molecule has 4 N–H and O–H groups in total. The van der Waals surface area contributed by atoms with Gasteiger partial charge in [0.05, 0.1) is 13.1 Å². The van der Waals surface area contributed by atoms with Crippen molar-refractivity contribution in [1.82, 2.24) is 21.5 Å². The van der Waals surface area contributed by atoms with Crippen molar-refractivity contribution in [3.05, 3.63) is 82.9 Å². The smallest absolute Gasteiger partial charge is 0.212 e. The Morgan fingerprint density at radius 2 is 1.11 bits per heavy atom. The standard InChI is InChI=1S/C26H26N8.2ClH/c1-2-6-18-14-22-21(13-17(18)5-1)23(15-31-33-25-27-9-10-28-25)19-7-3-4-8-20(19)24(22)16-32-34-26-29-11-12-30-26;;/h1-8,13-16,23-24H,9-12H2,(H2,27,28,33)(H2,29,30,34);2*1H/b31-15+,32-16+;;. The Bertz CT molecular complexity index is 1250. The lowest BCUT2D eigenvalue weighted by molar-refractivity contribution is 0.884. The Labute approximate surface area is 222 Å². The number of benzene rings is 3. The van der Waals surface area contributed by atoms with E-state index in [0.717, 1.165) is 38.1 Å². The Balaban J connectivity index is 0.00000152. The van der Waals surface area contributed by atoms with Crippen LogP contribution in [0.5, 0.6) is 0 Å². The Morgan fingerprint density at radius 1 is 0.667 bits per heavy atom. The zero-order valence-corrected chi connectivity index (χ0v) is 21.1. The fourth-order valence-corrected chi connectivity index (χ4v) is 4.84. The van der Waals surface area contributed by atoms with E-state index in [1.54, 1.807) is 0 Å². The van der Waals surface area contributed by atoms with E-state index in [1.165, 1.54) is 33.0 Å². The monoisotopic (exact) mass is 522 g/mol. The summed E-state index contributed by atoms with van der Waals surface area (Å²) in [6, 6.07) is 21.6. The van der Waals surface area contributed by atoms with Crippen LogP contribution in [0.1, 0.15) is 34.1 Å². The highest BCUT2D eigenvalue weighted by molar-refractivity contribution is 5.92. The number of guanidine groups is 2. The minimum absolute atomic E-state index is 0. The molecular weight excluding hydrogens is 495 g/mol. The van der Waals surface area contributed by atoms with Gasteiger partial charge in [-0.3, -0.25) is 0 Å². The van der Waals surface area contributed by atoms with Gasteiger partial charge >= 0.3 is 0 Å². The van der Waals surface area contributed by atoms with Crippen molar-refractivity contribution >= 4 is 59.9 Å². The molecule has 3 aromatic rings. The van der Waals surface area contributed by atoms with Gasteiger partial charge in [0.1, 0.15) is 0 Å². The van der Waals surface area contributed by atoms with E-state index in [4.69, 9.17) is 0 Å². The van der Waals surface area contributed by atoms with Crippen LogP contribution in [0.25, 0.3) is 10.8 Å². The molecule has 0 saturated carbocycles. The summed E-state index contributed by atoms with van der Waals surface area (Å²) in [6.45, 7) is 3.23. The number of hydrazone groups is 2. The third kappa shape index (κ3) is 5.01. The molecule has 0 amide bonds. The number of halogens is 2. The third-order valence-corrected chi connectivity index (χ3v) is 6.42. The number of hydrogen-bond donors (Lipinski definition) is 4. The van der Waals surface area contributed by atoms with Crippen LogP contribution in [0.4, 0.5) is 0 Å². The van der Waals surface area contributed by atoms with E-state index in [0.29, 0.717) is 0 Å². The lowest BCUT2D eigenvalue weighted by atomic mass is 9.72. The lowest BCUT2D eigenvalue weighted by Crippen LogP contribution is -2.31. The Hall–Kier alpha value is -3.62. The average Bonchev–Trinajstić information content (AvgIpc) is 3.59. The van der Waals surface area contributed by atoms with Gasteiger partial charge < -0.3 is 10.6 Å². The van der Waals surface area contributed by atoms with Crippen molar-refractivity contribution in [1.29, 1.82) is 0 Å². The lowest BCUT2D eigenvalue weighted by Gasteiger charge is -2.31. The molecule has 2 unspecified atom stereocenters. The second kappa shape index (κ2) is 11.4. The molecule has 0 fully saturated rings. The Morgan fingerprint density at radius 3 is 1.53 bits per heavy atom. The number of fused-ring (bicyclic) bond motifs is 3. The van der Waals surface area contributed by atoms with Crippen LogP contribution in [-0.4, -0.2) is 50.5 Å². The molecule has 6 rings (SSSR count). The number of rotatable bonds is 4. The highest BCUT2D eigenvalue weighted by Gasteiger charge is 2.31. The molecule has 0 aromatic heterocycles. The zero-order chi connectivity index (χ0) is 22.7. The van der Waals surface area contributed by atoms with Crippen molar-refractivity contribution in [3.63, 3.8) is 0 Å². The largest absolute Gasteiger partial charge is 0.353 e. The maximum atomic E-state index is 4.56. The van der Waals surface area contributed by atoms with Crippen molar-refractivity contribution in [2.24, 2.45) is 20.2 Å². The van der Waals surface area contributed by atoms with Gasteiger partial charge in [-0.15, -0.1) is 24.8 Å². The molecule has 8 nitrogen and oxygen atoms in total. The summed E-state index contributed by atoms with van der Waals surface area (Å²) in [6.07, 6.45) is 3.97. The maximum Gasteiger partial charge on any atom is 0.212 e. The Kier molecular flexibility index (Phi) is 8.07. The first kappa shape index (κ1) is 25.5. The molecule has 0 bridgehead atoms. The molecule has 10 heteroatoms. The molecule has 0 spiro atoms. The highest BCUT2D eigenvalue weighted by Crippen LogP contribution is 2.43. The molecule has 0 radical (unpaired) electrons. The normalized spacial score (nSPS) is 19.9. The predicted molar refractivity (Wildman–Crippen MR) is 152 cm³/mol. The van der Waals surface area contributed by atoms with Gasteiger partial charge in [-0.05, 0) is 45.2 Å². The molecule has 1 aliphatic carbocycles. The molecule has 186 valence electrons. The van der Waals surface area contributed by atoms with Crippen LogP contribution >= 0.6 is 24.8 Å². The second-order valence-corrected chi connectivity index (χ2v) is 8.51. The van der Waals surface area contributed by atoms with Crippen LogP contribution in [0.2, 0.25) is 0 Å². The third-order valence-electron chi connectivity index (χ3n) is 6.42. The van der Waals surface area contributed by atoms with Gasteiger partial charge in [-0.25, -0.2) is 20.8 Å². The van der Waals surface area contributed by atoms with E-state index in [-0.39, 0.29) is 36.6 Å². The summed E-state index contributed by atoms with van der Waals surface area (Å²) in [5.41, 5.74) is 11.0. The van der Waals surface area contributed by atoms with Crippen LogP contribution in [-0.2, 0) is 0 Å². The number of nitrogens with one attached hydrogen (secondary N) is 4. The van der Waals surface area contributed by atoms with E-state index in [2.05, 4.69) is 102 Å². The van der Waals surface area contributed by atoms with E-state index in [9.17, 15) is 0 Å². The van der Waals surface area contributed by atoms with E-state index < -0.39 is 0 Å². The summed E-state index contributed by atoms with van der Waals surface area (Å²) < 4.78 is 0. The van der Waals surface area contributed by atoms with Gasteiger partial charge in [0.2, 0.25) is 11.9 Å². The quantitative estimate of drug-likeness (QED) is 0.312. The first-order chi connectivity index (χ1) is 16.9. The molecule has 36 heavy (non-hydrogen) atoms. The molecule has 3 aromatic carbocycles. The van der Waals surface area contributed by atoms with Gasteiger partial charge in [-0.2, -0.15) is 10.2 Å². The summed E-state index contributed by atoms with van der Waals surface area (Å²) >= 11 is 0. The first-order valence-electron chi connectivity index (χ1n) is 11.6. The number of hydrogen-bond acceptors (Lipinski definition) is 8. The number of nitrogens with zero attached hydrogens (tertiary/aromatic N) is 4. The van der Waals surface area contributed by atoms with E-state index in [1.807, 2.05) is 12.4 Å². The predicted octanol–water partition coefficient (Wildman–Crippen LogP) is 3.33. The molecule has 2 heterocycles. The fourth-order valence-electron chi connectivity index (χ4n) is 4.84. The van der Waals surface area contributed by atoms with Gasteiger partial charge in [0.25, 0.3) is 0 Å². The van der Waals surface area contributed by atoms with Crippen molar-refractivity contribution in [3.8, 4) is 0 Å². The minimum atomic E-state index is 0. The summed E-state index contributed by atoms with van der Waals surface area (Å²) in [4.78, 5) is 8.74. The van der Waals surface area contributed by atoms with Crippen molar-refractivity contribution < 1.29 is 0 Å². The second-order valence-electron chi connectivity index (χ2n) is 8.51. The van der Waals surface area contributed by atoms with Crippen LogP contribution in [0.3, 0.4) is 0 Å². The molecule has 3 aliphatic rings. The zero-order valence-electron chi connectivity index (χ0n) is 19.5. The summed E-state index contributed by atoms with van der Waals surface area (Å²) in [5.74, 6) is 1.48. The molecule has 0 saturated heterocycles. The van der Waals surface area contributed by atoms with Gasteiger partial charge in [-0.1, -0.05) is 48.5 Å². The topological polar surface area (TPSA) is 97.6 Å². The molecular formula is C26H28Cl2N8. The van der Waals surface area contributed by atoms with Crippen molar-refractivity contribution in [2.45, 2.75) is 11.8 Å². The van der Waals surface area contributed by atoms with Gasteiger partial charge in [0.15, 0.2) is 0 Å². The SMILES string of the molecule is C(=N\NC1=NCCN1)/C1c2ccccc2C(/C=N/NC2=NCCN2)c2cc3ccccc3cc21.Cl.Cl. The summed E-state index contributed by atoms with van der Waals surface area (Å²) in [5, 5.41) is 17.9. The van der Waals surface area contributed by atoms with E-state index >= 15 is 0 Å². The summed E-state index contributed by atoms with van der Waals surface area (Å²) in [7, 11) is 0. The maximum absolute atomic E-state index is 4.56. The van der Waals surface area contributed by atoms with Crippen molar-refractivity contribution in [2.75, 3.05) is 26.2 Å². The average molecular weight is 523 g/mol. The molecule has 2 aliphatic heterocycles. The van der Waals surface area contributed by atoms with Crippen LogP contribution in [0.15, 0.2) is 80.9 Å². The minimum Gasteiger partial charge on any atom is -0.353 e. The molecule has 2 atom stereocenters. The highest BCUT2D eigenvalue weighted by atomic mass is 35.5. The first-order valence-corrected chi connectivity index (χ1v) is 11.6. The van der Waals surface area contributed by atoms with Crippen LogP contribution < -0.4 is 21.5 Å².